The highest BCUT2D eigenvalue weighted by Gasteiger charge is 2.27. The van der Waals surface area contributed by atoms with E-state index in [9.17, 15) is 4.79 Å². The lowest BCUT2D eigenvalue weighted by Gasteiger charge is -2.39. The van der Waals surface area contributed by atoms with Gasteiger partial charge in [0.2, 0.25) is 0 Å². The molecule has 0 spiro atoms. The number of aromatic nitrogens is 3. The number of imidazole rings is 1. The van der Waals surface area contributed by atoms with Crippen molar-refractivity contribution in [3.63, 3.8) is 0 Å². The average Bonchev–Trinajstić information content (AvgIpc) is 3.21. The summed E-state index contributed by atoms with van der Waals surface area (Å²) in [7, 11) is 0. The number of piperidine rings is 1. The minimum atomic E-state index is -0.125. The molecule has 2 fully saturated rings. The monoisotopic (exact) mass is 439 g/mol. The molecule has 2 aromatic heterocycles. The smallest absolute Gasteiger partial charge is 0.270 e. The first-order chi connectivity index (χ1) is 15.6. The molecule has 2 aliphatic rings. The lowest BCUT2D eigenvalue weighted by atomic mass is 10.0. The van der Waals surface area contributed by atoms with Crippen LogP contribution in [0, 0.1) is 0 Å². The van der Waals surface area contributed by atoms with E-state index in [4.69, 9.17) is 4.98 Å². The standard InChI is InChI=1S/C24H37N7O/c1-20(2)29-13-7-21(8-14-29)30-11-4-12-31(18-17-30)23-6-3-5-22(27-23)24(32)26-10-16-28-15-9-25-19-28/h3,5-6,9,15,19-21H,4,7-8,10-14,16-18H2,1-2H3,(H,26,32). The van der Waals surface area contributed by atoms with E-state index < -0.39 is 0 Å². The van der Waals surface area contributed by atoms with Crippen molar-refractivity contribution in [2.45, 2.75) is 51.7 Å². The third-order valence-corrected chi connectivity index (χ3v) is 6.78. The van der Waals surface area contributed by atoms with Gasteiger partial charge in [-0.3, -0.25) is 9.69 Å². The molecule has 32 heavy (non-hydrogen) atoms. The van der Waals surface area contributed by atoms with Crippen LogP contribution in [0.1, 0.15) is 43.6 Å². The van der Waals surface area contributed by atoms with Gasteiger partial charge in [-0.25, -0.2) is 9.97 Å². The van der Waals surface area contributed by atoms with Gasteiger partial charge in [0.05, 0.1) is 6.33 Å². The molecule has 0 saturated carbocycles. The highest BCUT2D eigenvalue weighted by molar-refractivity contribution is 5.92. The van der Waals surface area contributed by atoms with E-state index in [2.05, 4.69) is 38.8 Å². The lowest BCUT2D eigenvalue weighted by molar-refractivity contribution is 0.0947. The quantitative estimate of drug-likeness (QED) is 0.713. The van der Waals surface area contributed by atoms with Crippen molar-refractivity contribution in [2.24, 2.45) is 0 Å². The van der Waals surface area contributed by atoms with Crippen LogP contribution in [-0.2, 0) is 6.54 Å². The van der Waals surface area contributed by atoms with Gasteiger partial charge in [0, 0.05) is 63.7 Å². The second-order valence-corrected chi connectivity index (χ2v) is 9.17. The summed E-state index contributed by atoms with van der Waals surface area (Å²) in [5, 5.41) is 2.96. The Kier molecular flexibility index (Phi) is 7.76. The highest BCUT2D eigenvalue weighted by Crippen LogP contribution is 2.21. The third kappa shape index (κ3) is 5.86. The Bertz CT molecular complexity index is 846. The van der Waals surface area contributed by atoms with Crippen LogP contribution in [0.2, 0.25) is 0 Å². The predicted molar refractivity (Wildman–Crippen MR) is 127 cm³/mol. The molecule has 0 unspecified atom stereocenters. The van der Waals surface area contributed by atoms with E-state index >= 15 is 0 Å². The molecule has 0 atom stereocenters. The summed E-state index contributed by atoms with van der Waals surface area (Å²) in [5.74, 6) is 0.782. The number of nitrogens with zero attached hydrogens (tertiary/aromatic N) is 6. The number of amides is 1. The number of pyridine rings is 1. The van der Waals surface area contributed by atoms with E-state index in [1.165, 1.54) is 25.9 Å². The molecule has 1 amide bonds. The van der Waals surface area contributed by atoms with Gasteiger partial charge >= 0.3 is 0 Å². The van der Waals surface area contributed by atoms with Gasteiger partial charge in [0.25, 0.3) is 5.91 Å². The van der Waals surface area contributed by atoms with Gasteiger partial charge < -0.3 is 19.7 Å². The van der Waals surface area contributed by atoms with Crippen molar-refractivity contribution >= 4 is 11.7 Å². The van der Waals surface area contributed by atoms with Crippen molar-refractivity contribution in [3.8, 4) is 0 Å². The van der Waals surface area contributed by atoms with Gasteiger partial charge in [-0.15, -0.1) is 0 Å². The zero-order chi connectivity index (χ0) is 22.3. The lowest BCUT2D eigenvalue weighted by Crippen LogP contribution is -2.47. The maximum Gasteiger partial charge on any atom is 0.270 e. The molecule has 0 aromatic carbocycles. The maximum atomic E-state index is 12.6. The van der Waals surface area contributed by atoms with Crippen LogP contribution in [0.3, 0.4) is 0 Å². The van der Waals surface area contributed by atoms with Gasteiger partial charge in [0.15, 0.2) is 0 Å². The minimum Gasteiger partial charge on any atom is -0.355 e. The zero-order valence-electron chi connectivity index (χ0n) is 19.5. The largest absolute Gasteiger partial charge is 0.355 e. The van der Waals surface area contributed by atoms with E-state index in [0.29, 0.717) is 30.9 Å². The summed E-state index contributed by atoms with van der Waals surface area (Å²) < 4.78 is 1.94. The second kappa shape index (κ2) is 10.9. The summed E-state index contributed by atoms with van der Waals surface area (Å²) in [6.07, 6.45) is 9.05. The van der Waals surface area contributed by atoms with Gasteiger partial charge in [0.1, 0.15) is 11.5 Å². The minimum absolute atomic E-state index is 0.125. The molecule has 2 aromatic rings. The average molecular weight is 440 g/mol. The number of likely N-dealkylation sites (tertiary alicyclic amines) is 1. The van der Waals surface area contributed by atoms with Crippen LogP contribution in [0.15, 0.2) is 36.9 Å². The predicted octanol–water partition coefficient (Wildman–Crippen LogP) is 2.09. The van der Waals surface area contributed by atoms with Gasteiger partial charge in [-0.05, 0) is 58.3 Å². The molecule has 1 N–H and O–H groups in total. The summed E-state index contributed by atoms with van der Waals surface area (Å²) in [6.45, 7) is 12.4. The molecule has 2 aliphatic heterocycles. The van der Waals surface area contributed by atoms with Crippen LogP contribution < -0.4 is 10.2 Å². The Balaban J connectivity index is 1.29. The maximum absolute atomic E-state index is 12.6. The fourth-order valence-electron chi connectivity index (χ4n) is 4.83. The van der Waals surface area contributed by atoms with E-state index in [-0.39, 0.29) is 5.91 Å². The van der Waals surface area contributed by atoms with Crippen LogP contribution in [-0.4, -0.2) is 88.1 Å². The summed E-state index contributed by atoms with van der Waals surface area (Å²) >= 11 is 0. The Morgan fingerprint density at radius 3 is 2.72 bits per heavy atom. The Hall–Kier alpha value is -2.45. The first-order valence-corrected chi connectivity index (χ1v) is 12.0. The van der Waals surface area contributed by atoms with Crippen LogP contribution in [0.4, 0.5) is 5.82 Å². The van der Waals surface area contributed by atoms with Crippen molar-refractivity contribution in [1.82, 2.24) is 29.7 Å². The Morgan fingerprint density at radius 1 is 1.12 bits per heavy atom. The Labute approximate surface area is 191 Å². The zero-order valence-corrected chi connectivity index (χ0v) is 19.5. The van der Waals surface area contributed by atoms with Crippen molar-refractivity contribution in [3.05, 3.63) is 42.6 Å². The molecule has 0 aliphatic carbocycles. The fourth-order valence-corrected chi connectivity index (χ4v) is 4.83. The van der Waals surface area contributed by atoms with Crippen molar-refractivity contribution < 1.29 is 4.79 Å². The molecule has 174 valence electrons. The van der Waals surface area contributed by atoms with Crippen molar-refractivity contribution in [1.29, 1.82) is 0 Å². The number of hydrogen-bond donors (Lipinski definition) is 1. The Morgan fingerprint density at radius 2 is 1.97 bits per heavy atom. The number of carbonyl (C=O) groups excluding carboxylic acids is 1. The van der Waals surface area contributed by atoms with Gasteiger partial charge in [-0.1, -0.05) is 6.07 Å². The first kappa shape index (κ1) is 22.7. The molecule has 8 nitrogen and oxygen atoms in total. The molecule has 2 saturated heterocycles. The van der Waals surface area contributed by atoms with Gasteiger partial charge in [-0.2, -0.15) is 0 Å². The SMILES string of the molecule is CC(C)N1CCC(N2CCCN(c3cccc(C(=O)NCCn4ccnc4)n3)CC2)CC1. The van der Waals surface area contributed by atoms with Crippen LogP contribution in [0.25, 0.3) is 0 Å². The normalized spacial score (nSPS) is 19.3. The molecule has 4 rings (SSSR count). The topological polar surface area (TPSA) is 69.5 Å². The molecular weight excluding hydrogens is 402 g/mol. The second-order valence-electron chi connectivity index (χ2n) is 9.17. The fraction of sp³-hybridized carbons (Fsp3) is 0.625. The molecule has 0 bridgehead atoms. The van der Waals surface area contributed by atoms with E-state index in [1.54, 1.807) is 18.6 Å². The summed E-state index contributed by atoms with van der Waals surface area (Å²) in [4.78, 5) is 28.9. The highest BCUT2D eigenvalue weighted by atomic mass is 16.1. The number of hydrogen-bond acceptors (Lipinski definition) is 6. The molecule has 8 heteroatoms. The van der Waals surface area contributed by atoms with E-state index in [1.807, 2.05) is 22.9 Å². The summed E-state index contributed by atoms with van der Waals surface area (Å²) in [6, 6.07) is 7.11. The third-order valence-electron chi connectivity index (χ3n) is 6.78. The molecule has 0 radical (unpaired) electrons. The van der Waals surface area contributed by atoms with Crippen molar-refractivity contribution in [2.75, 3.05) is 50.7 Å². The number of anilines is 1. The first-order valence-electron chi connectivity index (χ1n) is 12.0. The molecular formula is C24H37N7O. The molecule has 4 heterocycles. The number of nitrogens with one attached hydrogen (secondary N) is 1. The van der Waals surface area contributed by atoms with Crippen LogP contribution in [0.5, 0.6) is 0 Å². The number of rotatable bonds is 7. The summed E-state index contributed by atoms with van der Waals surface area (Å²) in [5.41, 5.74) is 0.482. The van der Waals surface area contributed by atoms with E-state index in [0.717, 1.165) is 38.4 Å². The number of carbonyl (C=O) groups is 1. The van der Waals surface area contributed by atoms with Crippen LogP contribution >= 0.6 is 0 Å².